The molecule has 0 aliphatic carbocycles. The van der Waals surface area contributed by atoms with Crippen LogP contribution in [0, 0.1) is 23.7 Å². The number of aliphatic hydroxyl groups excluding tert-OH is 1. The van der Waals surface area contributed by atoms with Crippen molar-refractivity contribution in [3.63, 3.8) is 0 Å². The Morgan fingerprint density at radius 1 is 1.26 bits per heavy atom. The Bertz CT molecular complexity index is 754. The fourth-order valence-corrected chi connectivity index (χ4v) is 2.03. The van der Waals surface area contributed by atoms with Crippen LogP contribution in [0.1, 0.15) is 32.6 Å². The van der Waals surface area contributed by atoms with Gasteiger partial charge in [0.05, 0.1) is 13.2 Å². The first-order valence-electron chi connectivity index (χ1n) is 8.47. The quantitative estimate of drug-likeness (QED) is 0.164. The number of ether oxygens (including phenoxy) is 2. The standard InChI is InChI=1S/C20H22N2O5/c1-3-5-7-18(23)17(14-21)20(25)22-15-9-11-16(12-10-15)27-13-6-8-19(24)26-4-2/h1,9-12,23H,4-8,13H2,2H3,(H,22,25)/b18-17-. The van der Waals surface area contributed by atoms with Gasteiger partial charge in [-0.3, -0.25) is 9.59 Å². The molecule has 0 aliphatic heterocycles. The number of nitrogens with one attached hydrogen (secondary N) is 1. The van der Waals surface area contributed by atoms with E-state index in [2.05, 4.69) is 11.2 Å². The fraction of sp³-hybridized carbons (Fsp3) is 0.350. The molecule has 27 heavy (non-hydrogen) atoms. The zero-order chi connectivity index (χ0) is 20.1. The van der Waals surface area contributed by atoms with E-state index in [0.717, 1.165) is 0 Å². The largest absolute Gasteiger partial charge is 0.511 e. The number of nitriles is 1. The zero-order valence-corrected chi connectivity index (χ0v) is 15.2. The highest BCUT2D eigenvalue weighted by Crippen LogP contribution is 2.17. The molecule has 0 radical (unpaired) electrons. The number of esters is 1. The van der Waals surface area contributed by atoms with E-state index < -0.39 is 5.91 Å². The van der Waals surface area contributed by atoms with Crippen LogP contribution in [0.5, 0.6) is 5.75 Å². The second-order valence-electron chi connectivity index (χ2n) is 5.37. The summed E-state index contributed by atoms with van der Waals surface area (Å²) in [6, 6.07) is 8.18. The smallest absolute Gasteiger partial charge is 0.305 e. The fourth-order valence-electron chi connectivity index (χ4n) is 2.03. The molecule has 1 aromatic rings. The van der Waals surface area contributed by atoms with Crippen LogP contribution in [-0.2, 0) is 14.3 Å². The van der Waals surface area contributed by atoms with Crippen LogP contribution in [0.15, 0.2) is 35.6 Å². The van der Waals surface area contributed by atoms with Crippen LogP contribution in [0.25, 0.3) is 0 Å². The number of anilines is 1. The van der Waals surface area contributed by atoms with Crippen molar-refractivity contribution >= 4 is 17.6 Å². The molecular formula is C20H22N2O5. The molecule has 7 nitrogen and oxygen atoms in total. The monoisotopic (exact) mass is 370 g/mol. The SMILES string of the molecule is C#CCC/C(O)=C(\C#N)C(=O)Nc1ccc(OCCCC(=O)OCC)cc1. The van der Waals surface area contributed by atoms with E-state index in [4.69, 9.17) is 21.2 Å². The third-order valence-electron chi connectivity index (χ3n) is 3.35. The average Bonchev–Trinajstić information content (AvgIpc) is 2.65. The second kappa shape index (κ2) is 12.0. The molecule has 0 saturated heterocycles. The topological polar surface area (TPSA) is 109 Å². The third-order valence-corrected chi connectivity index (χ3v) is 3.35. The van der Waals surface area contributed by atoms with Crippen LogP contribution < -0.4 is 10.1 Å². The van der Waals surface area contributed by atoms with Gasteiger partial charge in [0.25, 0.3) is 5.91 Å². The van der Waals surface area contributed by atoms with E-state index >= 15 is 0 Å². The van der Waals surface area contributed by atoms with Crippen molar-refractivity contribution in [2.24, 2.45) is 0 Å². The van der Waals surface area contributed by atoms with Gasteiger partial charge in [-0.15, -0.1) is 12.3 Å². The Kier molecular flexibility index (Phi) is 9.59. The summed E-state index contributed by atoms with van der Waals surface area (Å²) in [4.78, 5) is 23.3. The molecule has 0 saturated carbocycles. The van der Waals surface area contributed by atoms with Gasteiger partial charge in [-0.25, -0.2) is 0 Å². The summed E-state index contributed by atoms with van der Waals surface area (Å²) in [5, 5.41) is 21.3. The van der Waals surface area contributed by atoms with E-state index in [1.54, 1.807) is 37.3 Å². The maximum atomic E-state index is 12.1. The molecule has 1 aromatic carbocycles. The summed E-state index contributed by atoms with van der Waals surface area (Å²) >= 11 is 0. The van der Waals surface area contributed by atoms with E-state index in [0.29, 0.717) is 31.1 Å². The average molecular weight is 370 g/mol. The minimum atomic E-state index is -0.713. The predicted molar refractivity (Wildman–Crippen MR) is 99.8 cm³/mol. The van der Waals surface area contributed by atoms with Crippen molar-refractivity contribution in [2.45, 2.75) is 32.6 Å². The van der Waals surface area contributed by atoms with Gasteiger partial charge in [0.2, 0.25) is 0 Å². The van der Waals surface area contributed by atoms with Gasteiger partial charge >= 0.3 is 5.97 Å². The number of aliphatic hydroxyl groups is 1. The Balaban J connectivity index is 2.54. The van der Waals surface area contributed by atoms with E-state index in [9.17, 15) is 14.7 Å². The van der Waals surface area contributed by atoms with Crippen LogP contribution in [0.2, 0.25) is 0 Å². The van der Waals surface area contributed by atoms with Crippen molar-refractivity contribution in [1.82, 2.24) is 0 Å². The molecule has 0 atom stereocenters. The van der Waals surface area contributed by atoms with Gasteiger partial charge in [-0.05, 0) is 37.6 Å². The number of hydrogen-bond acceptors (Lipinski definition) is 6. The highest BCUT2D eigenvalue weighted by atomic mass is 16.5. The Hall–Kier alpha value is -3.45. The summed E-state index contributed by atoms with van der Waals surface area (Å²) in [6.07, 6.45) is 6.21. The van der Waals surface area contributed by atoms with E-state index in [1.807, 2.05) is 0 Å². The Morgan fingerprint density at radius 3 is 2.56 bits per heavy atom. The van der Waals surface area contributed by atoms with Gasteiger partial charge in [-0.2, -0.15) is 5.26 Å². The molecule has 7 heteroatoms. The molecule has 0 fully saturated rings. The van der Waals surface area contributed by atoms with Gasteiger partial charge in [-0.1, -0.05) is 0 Å². The molecule has 0 aliphatic rings. The molecule has 1 amide bonds. The van der Waals surface area contributed by atoms with Gasteiger partial charge in [0.15, 0.2) is 5.57 Å². The van der Waals surface area contributed by atoms with E-state index in [-0.39, 0.29) is 36.6 Å². The molecule has 0 unspecified atom stereocenters. The lowest BCUT2D eigenvalue weighted by Crippen LogP contribution is -2.15. The Morgan fingerprint density at radius 2 is 1.96 bits per heavy atom. The molecule has 0 spiro atoms. The third kappa shape index (κ3) is 7.98. The molecular weight excluding hydrogens is 348 g/mol. The van der Waals surface area contributed by atoms with Crippen molar-refractivity contribution in [2.75, 3.05) is 18.5 Å². The molecule has 0 bridgehead atoms. The van der Waals surface area contributed by atoms with Crippen LogP contribution in [0.4, 0.5) is 5.69 Å². The van der Waals surface area contributed by atoms with Crippen molar-refractivity contribution < 1.29 is 24.2 Å². The minimum Gasteiger partial charge on any atom is -0.511 e. The maximum Gasteiger partial charge on any atom is 0.305 e. The van der Waals surface area contributed by atoms with E-state index in [1.165, 1.54) is 0 Å². The predicted octanol–water partition coefficient (Wildman–Crippen LogP) is 3.10. The first-order chi connectivity index (χ1) is 13.0. The summed E-state index contributed by atoms with van der Waals surface area (Å²) in [5.74, 6) is 1.60. The number of terminal acetylenes is 1. The normalized spacial score (nSPS) is 10.8. The number of benzene rings is 1. The van der Waals surface area contributed by atoms with Gasteiger partial charge < -0.3 is 19.9 Å². The minimum absolute atomic E-state index is 0.0609. The van der Waals surface area contributed by atoms with Crippen LogP contribution >= 0.6 is 0 Å². The van der Waals surface area contributed by atoms with Crippen molar-refractivity contribution in [1.29, 1.82) is 5.26 Å². The molecule has 2 N–H and O–H groups in total. The highest BCUT2D eigenvalue weighted by molar-refractivity contribution is 6.06. The number of nitrogens with zero attached hydrogens (tertiary/aromatic N) is 1. The van der Waals surface area contributed by atoms with Crippen LogP contribution in [-0.4, -0.2) is 30.2 Å². The first kappa shape index (κ1) is 21.6. The lowest BCUT2D eigenvalue weighted by Gasteiger charge is -2.09. The number of carbonyl (C=O) groups excluding carboxylic acids is 2. The summed E-state index contributed by atoms with van der Waals surface area (Å²) in [6.45, 7) is 2.47. The van der Waals surface area contributed by atoms with Crippen molar-refractivity contribution in [3.05, 3.63) is 35.6 Å². The van der Waals surface area contributed by atoms with Crippen molar-refractivity contribution in [3.8, 4) is 24.2 Å². The molecule has 1 rings (SSSR count). The van der Waals surface area contributed by atoms with Gasteiger partial charge in [0.1, 0.15) is 17.6 Å². The number of allylic oxidation sites excluding steroid dienone is 1. The molecule has 142 valence electrons. The number of hydrogen-bond donors (Lipinski definition) is 2. The lowest BCUT2D eigenvalue weighted by molar-refractivity contribution is -0.143. The number of carbonyl (C=O) groups is 2. The second-order valence-corrected chi connectivity index (χ2v) is 5.37. The van der Waals surface area contributed by atoms with Gasteiger partial charge in [0, 0.05) is 24.9 Å². The molecule has 0 heterocycles. The summed E-state index contributed by atoms with van der Waals surface area (Å²) in [7, 11) is 0. The Labute approximate surface area is 158 Å². The lowest BCUT2D eigenvalue weighted by atomic mass is 10.1. The number of rotatable bonds is 10. The first-order valence-corrected chi connectivity index (χ1v) is 8.47. The maximum absolute atomic E-state index is 12.1. The number of amides is 1. The van der Waals surface area contributed by atoms with Crippen LogP contribution in [0.3, 0.4) is 0 Å². The summed E-state index contributed by atoms with van der Waals surface area (Å²) < 4.78 is 10.3. The highest BCUT2D eigenvalue weighted by Gasteiger charge is 2.15. The summed E-state index contributed by atoms with van der Waals surface area (Å²) in [5.41, 5.74) is 0.0703. The zero-order valence-electron chi connectivity index (χ0n) is 15.2. The molecule has 0 aromatic heterocycles.